The minimum absolute atomic E-state index is 0.0252. The Labute approximate surface area is 156 Å². The molecule has 1 amide bonds. The first-order chi connectivity index (χ1) is 12.6. The van der Waals surface area contributed by atoms with E-state index in [0.29, 0.717) is 23.2 Å². The zero-order valence-electron chi connectivity index (χ0n) is 14.2. The number of aromatic nitrogens is 1. The molecule has 2 fully saturated rings. The van der Waals surface area contributed by atoms with Crippen molar-refractivity contribution in [3.8, 4) is 0 Å². The number of benzene rings is 1. The van der Waals surface area contributed by atoms with Crippen LogP contribution in [0.2, 0.25) is 5.02 Å². The summed E-state index contributed by atoms with van der Waals surface area (Å²) in [4.78, 5) is 28.4. The largest absolute Gasteiger partial charge is 0.371 e. The van der Waals surface area contributed by atoms with Gasteiger partial charge in [-0.1, -0.05) is 23.7 Å². The number of halogens is 1. The van der Waals surface area contributed by atoms with Crippen molar-refractivity contribution >= 4 is 17.5 Å². The molecule has 1 aromatic heterocycles. The van der Waals surface area contributed by atoms with E-state index in [1.54, 1.807) is 0 Å². The molecule has 26 heavy (non-hydrogen) atoms. The molecule has 0 bridgehead atoms. The third-order valence-electron chi connectivity index (χ3n) is 5.04. The highest BCUT2D eigenvalue weighted by atomic mass is 35.5. The number of carbonyl (C=O) groups is 1. The second-order valence-electron chi connectivity index (χ2n) is 6.83. The summed E-state index contributed by atoms with van der Waals surface area (Å²) in [5.41, 5.74) is 1.36. The van der Waals surface area contributed by atoms with Crippen LogP contribution < -0.4 is 10.9 Å². The number of rotatable bonds is 3. The molecule has 2 N–H and O–H groups in total. The average molecular weight is 374 g/mol. The Hall–Kier alpha value is -2.15. The highest BCUT2D eigenvalue weighted by Gasteiger charge is 2.38. The summed E-state index contributed by atoms with van der Waals surface area (Å²) >= 11 is 5.96. The molecule has 0 unspecified atom stereocenters. The van der Waals surface area contributed by atoms with Gasteiger partial charge in [0.05, 0.1) is 18.3 Å². The minimum Gasteiger partial charge on any atom is -0.371 e. The lowest BCUT2D eigenvalue weighted by atomic mass is 10.1. The molecule has 0 radical (unpaired) electrons. The summed E-state index contributed by atoms with van der Waals surface area (Å²) in [7, 11) is 0. The highest BCUT2D eigenvalue weighted by Crippen LogP contribution is 2.30. The van der Waals surface area contributed by atoms with E-state index in [9.17, 15) is 9.59 Å². The molecule has 7 heteroatoms. The van der Waals surface area contributed by atoms with Crippen LogP contribution in [0.4, 0.5) is 0 Å². The number of pyridine rings is 1. The number of hydrogen-bond donors (Lipinski definition) is 2. The molecule has 4 rings (SSSR count). The zero-order valence-corrected chi connectivity index (χ0v) is 14.9. The Morgan fingerprint density at radius 1 is 1.19 bits per heavy atom. The monoisotopic (exact) mass is 373 g/mol. The molecule has 2 aromatic rings. The van der Waals surface area contributed by atoms with Crippen LogP contribution in [0.5, 0.6) is 0 Å². The summed E-state index contributed by atoms with van der Waals surface area (Å²) in [6, 6.07) is 11.0. The molecule has 2 aliphatic heterocycles. The molecule has 6 nitrogen and oxygen atoms in total. The van der Waals surface area contributed by atoms with Crippen molar-refractivity contribution in [2.24, 2.45) is 0 Å². The summed E-state index contributed by atoms with van der Waals surface area (Å²) in [6.07, 6.45) is 2.33. The molecular formula is C19H20ClN3O3. The van der Waals surface area contributed by atoms with Crippen LogP contribution in [-0.4, -0.2) is 47.6 Å². The number of nitrogens with zero attached hydrogens (tertiary/aromatic N) is 1. The number of hydrogen-bond acceptors (Lipinski definition) is 4. The number of aromatic amines is 1. The fraction of sp³-hybridized carbons (Fsp3) is 0.368. The first-order valence-electron chi connectivity index (χ1n) is 8.69. The van der Waals surface area contributed by atoms with E-state index in [2.05, 4.69) is 15.2 Å². The van der Waals surface area contributed by atoms with Gasteiger partial charge in [-0.15, -0.1) is 0 Å². The van der Waals surface area contributed by atoms with Gasteiger partial charge in [-0.2, -0.15) is 0 Å². The van der Waals surface area contributed by atoms with Gasteiger partial charge in [0.25, 0.3) is 5.91 Å². The maximum absolute atomic E-state index is 12.3. The van der Waals surface area contributed by atoms with E-state index in [1.165, 1.54) is 18.3 Å². The quantitative estimate of drug-likeness (QED) is 0.862. The number of amides is 1. The number of nitrogens with one attached hydrogen (secondary N) is 2. The third kappa shape index (κ3) is 3.67. The number of carbonyl (C=O) groups excluding carboxylic acids is 1. The van der Waals surface area contributed by atoms with E-state index in [1.807, 2.05) is 24.3 Å². The molecule has 1 aromatic carbocycles. The van der Waals surface area contributed by atoms with E-state index >= 15 is 0 Å². The fourth-order valence-electron chi connectivity index (χ4n) is 3.68. The van der Waals surface area contributed by atoms with Crippen LogP contribution in [-0.2, 0) is 4.74 Å². The van der Waals surface area contributed by atoms with Gasteiger partial charge in [-0.05, 0) is 30.2 Å². The Morgan fingerprint density at radius 2 is 2.00 bits per heavy atom. The van der Waals surface area contributed by atoms with Crippen LogP contribution in [0.1, 0.15) is 28.4 Å². The molecule has 3 heterocycles. The first kappa shape index (κ1) is 17.3. The Morgan fingerprint density at radius 3 is 2.73 bits per heavy atom. The lowest BCUT2D eigenvalue weighted by Gasteiger charge is -2.35. The van der Waals surface area contributed by atoms with Crippen molar-refractivity contribution in [2.45, 2.75) is 24.6 Å². The van der Waals surface area contributed by atoms with Crippen LogP contribution in [0.3, 0.4) is 0 Å². The topological polar surface area (TPSA) is 74.4 Å². The second kappa shape index (κ2) is 7.23. The van der Waals surface area contributed by atoms with Crippen molar-refractivity contribution in [1.29, 1.82) is 0 Å². The predicted octanol–water partition coefficient (Wildman–Crippen LogP) is 1.97. The summed E-state index contributed by atoms with van der Waals surface area (Å²) in [5, 5.41) is 3.77. The molecular weight excluding hydrogens is 354 g/mol. The fourth-order valence-corrected chi connectivity index (χ4v) is 3.80. The number of ether oxygens (including phenoxy) is 1. The molecule has 2 aliphatic rings. The first-order valence-corrected chi connectivity index (χ1v) is 9.07. The van der Waals surface area contributed by atoms with Gasteiger partial charge in [0, 0.05) is 42.5 Å². The van der Waals surface area contributed by atoms with Gasteiger partial charge in [-0.25, -0.2) is 0 Å². The van der Waals surface area contributed by atoms with Gasteiger partial charge in [-0.3, -0.25) is 14.5 Å². The van der Waals surface area contributed by atoms with Crippen molar-refractivity contribution < 1.29 is 9.53 Å². The van der Waals surface area contributed by atoms with E-state index in [4.69, 9.17) is 16.3 Å². The SMILES string of the molecule is O=C(N[C@H]1C[C@H]2CO[C@@H](c3ccc(Cl)cc3)CN2C1)c1ccc(=O)[nH]c1. The Kier molecular flexibility index (Phi) is 4.80. The van der Waals surface area contributed by atoms with Crippen LogP contribution >= 0.6 is 11.6 Å². The van der Waals surface area contributed by atoms with Crippen molar-refractivity contribution in [1.82, 2.24) is 15.2 Å². The third-order valence-corrected chi connectivity index (χ3v) is 5.29. The molecule has 136 valence electrons. The summed E-state index contributed by atoms with van der Waals surface area (Å²) in [5.74, 6) is -0.165. The van der Waals surface area contributed by atoms with Gasteiger partial charge in [0.1, 0.15) is 0 Å². The zero-order chi connectivity index (χ0) is 18.1. The predicted molar refractivity (Wildman–Crippen MR) is 98.4 cm³/mol. The van der Waals surface area contributed by atoms with Gasteiger partial charge in [0.2, 0.25) is 5.56 Å². The van der Waals surface area contributed by atoms with Crippen LogP contribution in [0.25, 0.3) is 0 Å². The molecule has 3 atom stereocenters. The van der Waals surface area contributed by atoms with Gasteiger partial charge in [0.15, 0.2) is 0 Å². The lowest BCUT2D eigenvalue weighted by molar-refractivity contribution is -0.0502. The Bertz CT molecular complexity index is 831. The van der Waals surface area contributed by atoms with Gasteiger partial charge < -0.3 is 15.0 Å². The second-order valence-corrected chi connectivity index (χ2v) is 7.27. The standard InChI is InChI=1S/C19H20ClN3O3/c20-14-4-1-12(2-5-14)17-10-23-9-15(7-16(23)11-26-17)22-19(25)13-3-6-18(24)21-8-13/h1-6,8,15-17H,7,9-11H2,(H,21,24)(H,22,25)/t15-,16-,17+/m0/s1. The van der Waals surface area contributed by atoms with E-state index in [-0.39, 0.29) is 23.6 Å². The minimum atomic E-state index is -0.218. The maximum Gasteiger partial charge on any atom is 0.253 e. The van der Waals surface area contributed by atoms with Crippen molar-refractivity contribution in [2.75, 3.05) is 19.7 Å². The summed E-state index contributed by atoms with van der Waals surface area (Å²) < 4.78 is 6.03. The summed E-state index contributed by atoms with van der Waals surface area (Å²) in [6.45, 7) is 2.25. The lowest BCUT2D eigenvalue weighted by Crippen LogP contribution is -2.43. The highest BCUT2D eigenvalue weighted by molar-refractivity contribution is 6.30. The van der Waals surface area contributed by atoms with Crippen molar-refractivity contribution in [3.63, 3.8) is 0 Å². The van der Waals surface area contributed by atoms with Crippen LogP contribution in [0, 0.1) is 0 Å². The van der Waals surface area contributed by atoms with Gasteiger partial charge >= 0.3 is 0 Å². The molecule has 0 aliphatic carbocycles. The Balaban J connectivity index is 1.37. The van der Waals surface area contributed by atoms with Crippen molar-refractivity contribution in [3.05, 3.63) is 69.1 Å². The number of fused-ring (bicyclic) bond motifs is 1. The smallest absolute Gasteiger partial charge is 0.253 e. The normalized spacial score (nSPS) is 25.7. The van der Waals surface area contributed by atoms with E-state index < -0.39 is 0 Å². The van der Waals surface area contributed by atoms with Crippen LogP contribution in [0.15, 0.2) is 47.4 Å². The molecule has 0 spiro atoms. The number of morpholine rings is 1. The molecule has 2 saturated heterocycles. The average Bonchev–Trinajstić information content (AvgIpc) is 3.04. The maximum atomic E-state index is 12.3. The van der Waals surface area contributed by atoms with E-state index in [0.717, 1.165) is 25.1 Å². The molecule has 0 saturated carbocycles. The number of H-pyrrole nitrogens is 1.